The van der Waals surface area contributed by atoms with Crippen LogP contribution in [-0.2, 0) is 19.6 Å². The minimum Gasteiger partial charge on any atom is -0.465 e. The van der Waals surface area contributed by atoms with Gasteiger partial charge in [0, 0.05) is 12.1 Å². The summed E-state index contributed by atoms with van der Waals surface area (Å²) in [6.07, 6.45) is 0.576. The Morgan fingerprint density at radius 3 is 2.30 bits per heavy atom. The van der Waals surface area contributed by atoms with Crippen molar-refractivity contribution in [2.24, 2.45) is 5.92 Å². The fraction of sp³-hybridized carbons (Fsp3) is 0.500. The number of ether oxygens (including phenoxy) is 1. The number of carbonyl (C=O) groups is 1. The zero-order valence-electron chi connectivity index (χ0n) is 13.2. The highest BCUT2D eigenvalue weighted by Crippen LogP contribution is 2.18. The molecule has 1 N–H and O–H groups in total. The molecule has 0 amide bonds. The summed E-state index contributed by atoms with van der Waals surface area (Å²) in [4.78, 5) is 21.8. The molecule has 23 heavy (non-hydrogen) atoms. The van der Waals surface area contributed by atoms with Gasteiger partial charge >= 0.3 is 5.97 Å². The van der Waals surface area contributed by atoms with Crippen molar-refractivity contribution in [1.82, 2.24) is 4.72 Å². The number of hydrogen-bond acceptors (Lipinski definition) is 6. The van der Waals surface area contributed by atoms with Gasteiger partial charge in [-0.15, -0.1) is 0 Å². The number of benzene rings is 1. The van der Waals surface area contributed by atoms with Crippen molar-refractivity contribution in [1.29, 1.82) is 0 Å². The number of hydrogen-bond donors (Lipinski definition) is 1. The first-order valence-corrected chi connectivity index (χ1v) is 8.64. The van der Waals surface area contributed by atoms with E-state index in [9.17, 15) is 23.3 Å². The highest BCUT2D eigenvalue weighted by Gasteiger charge is 2.30. The van der Waals surface area contributed by atoms with Gasteiger partial charge in [-0.25, -0.2) is 8.42 Å². The van der Waals surface area contributed by atoms with Crippen molar-refractivity contribution in [3.63, 3.8) is 0 Å². The lowest BCUT2D eigenvalue weighted by molar-refractivity contribution is -0.384. The number of non-ortho nitro benzene ring substituents is 1. The van der Waals surface area contributed by atoms with Crippen LogP contribution in [0.4, 0.5) is 5.69 Å². The summed E-state index contributed by atoms with van der Waals surface area (Å²) in [7, 11) is -3.99. The second kappa shape index (κ2) is 8.02. The molecule has 128 valence electrons. The van der Waals surface area contributed by atoms with E-state index in [4.69, 9.17) is 4.74 Å². The van der Waals surface area contributed by atoms with Gasteiger partial charge in [0.05, 0.1) is 16.4 Å². The molecule has 0 aliphatic rings. The van der Waals surface area contributed by atoms with E-state index in [2.05, 4.69) is 4.72 Å². The summed E-state index contributed by atoms with van der Waals surface area (Å²) < 4.78 is 32.0. The van der Waals surface area contributed by atoms with Crippen molar-refractivity contribution in [3.8, 4) is 0 Å². The Morgan fingerprint density at radius 1 is 1.30 bits per heavy atom. The molecule has 0 radical (unpaired) electrons. The maximum absolute atomic E-state index is 12.4. The van der Waals surface area contributed by atoms with E-state index in [0.29, 0.717) is 6.42 Å². The second-order valence-corrected chi connectivity index (χ2v) is 6.70. The van der Waals surface area contributed by atoms with Gasteiger partial charge in [-0.2, -0.15) is 4.72 Å². The summed E-state index contributed by atoms with van der Waals surface area (Å²) in [6, 6.07) is 3.42. The standard InChI is InChI=1S/C14H20N2O6S/c1-4-10(3)13(14(17)22-5-2)15-23(20,21)12-8-6-11(7-9-12)16(18)19/h6-10,13,15H,4-5H2,1-3H3/t10-,13+/m0/s1. The highest BCUT2D eigenvalue weighted by atomic mass is 32.2. The molecule has 2 atom stereocenters. The summed E-state index contributed by atoms with van der Waals surface area (Å²) in [6.45, 7) is 5.35. The van der Waals surface area contributed by atoms with Crippen molar-refractivity contribution in [2.45, 2.75) is 38.1 Å². The van der Waals surface area contributed by atoms with Crippen LogP contribution >= 0.6 is 0 Å². The molecule has 0 saturated carbocycles. The molecule has 0 aromatic heterocycles. The smallest absolute Gasteiger partial charge is 0.324 e. The summed E-state index contributed by atoms with van der Waals surface area (Å²) in [5.74, 6) is -0.908. The Morgan fingerprint density at radius 2 is 1.87 bits per heavy atom. The minimum atomic E-state index is -3.99. The molecule has 1 aromatic carbocycles. The number of rotatable bonds is 8. The van der Waals surface area contributed by atoms with Gasteiger partial charge in [0.15, 0.2) is 0 Å². The van der Waals surface area contributed by atoms with Gasteiger partial charge < -0.3 is 4.74 Å². The Kier molecular flexibility index (Phi) is 6.64. The fourth-order valence-electron chi connectivity index (χ4n) is 1.85. The topological polar surface area (TPSA) is 116 Å². The summed E-state index contributed by atoms with van der Waals surface area (Å²) >= 11 is 0. The van der Waals surface area contributed by atoms with Crippen LogP contribution in [0.15, 0.2) is 29.2 Å². The van der Waals surface area contributed by atoms with Crippen LogP contribution in [0.25, 0.3) is 0 Å². The number of nitrogens with zero attached hydrogens (tertiary/aromatic N) is 1. The second-order valence-electron chi connectivity index (χ2n) is 4.99. The van der Waals surface area contributed by atoms with Gasteiger partial charge in [-0.05, 0) is 25.0 Å². The van der Waals surface area contributed by atoms with Crippen LogP contribution < -0.4 is 4.72 Å². The van der Waals surface area contributed by atoms with Crippen molar-refractivity contribution >= 4 is 21.7 Å². The maximum atomic E-state index is 12.4. The number of nitro benzene ring substituents is 1. The average molecular weight is 344 g/mol. The minimum absolute atomic E-state index is 0.144. The molecule has 8 nitrogen and oxygen atoms in total. The van der Waals surface area contributed by atoms with E-state index < -0.39 is 27.0 Å². The van der Waals surface area contributed by atoms with Gasteiger partial charge in [-0.1, -0.05) is 20.3 Å². The van der Waals surface area contributed by atoms with Crippen LogP contribution in [0.1, 0.15) is 27.2 Å². The van der Waals surface area contributed by atoms with E-state index in [1.165, 1.54) is 0 Å². The molecule has 0 saturated heterocycles. The quantitative estimate of drug-likeness (QED) is 0.437. The first-order chi connectivity index (χ1) is 10.7. The van der Waals surface area contributed by atoms with Crippen molar-refractivity contribution < 1.29 is 22.9 Å². The van der Waals surface area contributed by atoms with Crippen LogP contribution in [0, 0.1) is 16.0 Å². The third-order valence-corrected chi connectivity index (χ3v) is 4.85. The molecular weight excluding hydrogens is 324 g/mol. The number of sulfonamides is 1. The van der Waals surface area contributed by atoms with E-state index in [1.807, 2.05) is 6.92 Å². The summed E-state index contributed by atoms with van der Waals surface area (Å²) in [5.41, 5.74) is -0.215. The van der Waals surface area contributed by atoms with Crippen molar-refractivity contribution in [2.75, 3.05) is 6.61 Å². The number of nitro groups is 1. The van der Waals surface area contributed by atoms with E-state index >= 15 is 0 Å². The van der Waals surface area contributed by atoms with Gasteiger partial charge in [0.25, 0.3) is 5.69 Å². The highest BCUT2D eigenvalue weighted by molar-refractivity contribution is 7.89. The Bertz CT molecular complexity index is 656. The van der Waals surface area contributed by atoms with E-state index in [0.717, 1.165) is 24.3 Å². The monoisotopic (exact) mass is 344 g/mol. The predicted octanol–water partition coefficient (Wildman–Crippen LogP) is 1.85. The molecule has 0 spiro atoms. The SMILES string of the molecule is CCOC(=O)[C@H](NS(=O)(=O)c1ccc([N+](=O)[O-])cc1)[C@@H](C)CC. The number of esters is 1. The first kappa shape index (κ1) is 19.0. The molecule has 0 bridgehead atoms. The molecule has 1 rings (SSSR count). The van der Waals surface area contributed by atoms with Gasteiger partial charge in [-0.3, -0.25) is 14.9 Å². The van der Waals surface area contributed by atoms with Crippen molar-refractivity contribution in [3.05, 3.63) is 34.4 Å². The Balaban J connectivity index is 3.05. The van der Waals surface area contributed by atoms with Crippen LogP contribution in [0.2, 0.25) is 0 Å². The molecule has 0 aliphatic carbocycles. The first-order valence-electron chi connectivity index (χ1n) is 7.16. The summed E-state index contributed by atoms with van der Waals surface area (Å²) in [5, 5.41) is 10.6. The molecule has 0 unspecified atom stereocenters. The van der Waals surface area contributed by atoms with E-state index in [1.54, 1.807) is 13.8 Å². The molecule has 0 fully saturated rings. The largest absolute Gasteiger partial charge is 0.465 e. The average Bonchev–Trinajstić information content (AvgIpc) is 2.52. The molecule has 9 heteroatoms. The zero-order chi connectivity index (χ0) is 17.6. The Hall–Kier alpha value is -2.00. The molecule has 0 aliphatic heterocycles. The maximum Gasteiger partial charge on any atom is 0.324 e. The third kappa shape index (κ3) is 5.00. The lowest BCUT2D eigenvalue weighted by Gasteiger charge is -2.22. The number of carbonyl (C=O) groups excluding carboxylic acids is 1. The van der Waals surface area contributed by atoms with Gasteiger partial charge in [0.1, 0.15) is 6.04 Å². The van der Waals surface area contributed by atoms with Gasteiger partial charge in [0.2, 0.25) is 10.0 Å². The van der Waals surface area contributed by atoms with Crippen LogP contribution in [0.5, 0.6) is 0 Å². The lowest BCUT2D eigenvalue weighted by atomic mass is 10.0. The molecule has 0 heterocycles. The third-order valence-electron chi connectivity index (χ3n) is 3.39. The van der Waals surface area contributed by atoms with E-state index in [-0.39, 0.29) is 23.1 Å². The number of nitrogens with one attached hydrogen (secondary N) is 1. The fourth-order valence-corrected chi connectivity index (χ4v) is 3.14. The normalized spacial score (nSPS) is 14.0. The zero-order valence-corrected chi connectivity index (χ0v) is 14.0. The molecule has 1 aromatic rings. The van der Waals surface area contributed by atoms with Crippen LogP contribution in [0.3, 0.4) is 0 Å². The Labute approximate surface area is 135 Å². The lowest BCUT2D eigenvalue weighted by Crippen LogP contribution is -2.45. The molecular formula is C14H20N2O6S. The predicted molar refractivity (Wildman–Crippen MR) is 83.3 cm³/mol. The van der Waals surface area contributed by atoms with Crippen LogP contribution in [-0.4, -0.2) is 32.0 Å².